The standard InChI is InChI=1S/C20H20N6/c1-13(21)15-7-9-16(10-8-15)24-19-11-22-12-20(25-19)26-14(2)23-17-5-3-4-6-18(17)26/h3-13H,21H2,1-2H3,(H,24,25). The number of nitrogens with zero attached hydrogens (tertiary/aromatic N) is 4. The van der Waals surface area contributed by atoms with Gasteiger partial charge in [-0.15, -0.1) is 0 Å². The maximum absolute atomic E-state index is 5.90. The number of rotatable bonds is 4. The second-order valence-electron chi connectivity index (χ2n) is 6.28. The van der Waals surface area contributed by atoms with E-state index in [-0.39, 0.29) is 6.04 Å². The molecular weight excluding hydrogens is 324 g/mol. The Morgan fingerprint density at radius 1 is 1.00 bits per heavy atom. The summed E-state index contributed by atoms with van der Waals surface area (Å²) in [4.78, 5) is 13.6. The predicted octanol–water partition coefficient (Wildman–Crippen LogP) is 3.89. The van der Waals surface area contributed by atoms with Crippen LogP contribution in [0.25, 0.3) is 16.9 Å². The molecule has 2 heterocycles. The minimum atomic E-state index is 0.0182. The molecule has 2 aromatic carbocycles. The van der Waals surface area contributed by atoms with Gasteiger partial charge in [-0.3, -0.25) is 9.55 Å². The minimum absolute atomic E-state index is 0.0182. The summed E-state index contributed by atoms with van der Waals surface area (Å²) in [6.07, 6.45) is 3.45. The Hall–Kier alpha value is -3.25. The fraction of sp³-hybridized carbons (Fsp3) is 0.150. The number of nitrogens with one attached hydrogen (secondary N) is 1. The summed E-state index contributed by atoms with van der Waals surface area (Å²) in [5.74, 6) is 2.28. The molecule has 4 aromatic rings. The molecule has 0 aliphatic heterocycles. The third-order valence-corrected chi connectivity index (χ3v) is 4.29. The SMILES string of the molecule is Cc1nc2ccccc2n1-c1cncc(Nc2ccc(C(C)N)cc2)n1. The molecule has 1 atom stereocenters. The van der Waals surface area contributed by atoms with E-state index in [4.69, 9.17) is 10.7 Å². The van der Waals surface area contributed by atoms with Gasteiger partial charge in [0.1, 0.15) is 5.82 Å². The Bertz CT molecular complexity index is 1050. The van der Waals surface area contributed by atoms with Crippen LogP contribution in [0.15, 0.2) is 60.9 Å². The van der Waals surface area contributed by atoms with Crippen LogP contribution in [0.2, 0.25) is 0 Å². The zero-order valence-electron chi connectivity index (χ0n) is 14.7. The molecule has 0 spiro atoms. The van der Waals surface area contributed by atoms with E-state index < -0.39 is 0 Å². The molecule has 0 aliphatic carbocycles. The van der Waals surface area contributed by atoms with Gasteiger partial charge in [0.05, 0.1) is 23.4 Å². The lowest BCUT2D eigenvalue weighted by atomic mass is 10.1. The highest BCUT2D eigenvalue weighted by atomic mass is 15.2. The van der Waals surface area contributed by atoms with Crippen LogP contribution < -0.4 is 11.1 Å². The number of anilines is 2. The van der Waals surface area contributed by atoms with Crippen molar-refractivity contribution in [2.24, 2.45) is 5.73 Å². The first kappa shape index (κ1) is 16.2. The molecule has 0 amide bonds. The van der Waals surface area contributed by atoms with Crippen molar-refractivity contribution in [3.05, 3.63) is 72.3 Å². The zero-order valence-corrected chi connectivity index (χ0v) is 14.7. The summed E-state index contributed by atoms with van der Waals surface area (Å²) in [7, 11) is 0. The molecule has 0 fully saturated rings. The van der Waals surface area contributed by atoms with Crippen LogP contribution in [0.5, 0.6) is 0 Å². The predicted molar refractivity (Wildman–Crippen MR) is 104 cm³/mol. The van der Waals surface area contributed by atoms with Crippen LogP contribution in [0.1, 0.15) is 24.4 Å². The number of fused-ring (bicyclic) bond motifs is 1. The summed E-state index contributed by atoms with van der Waals surface area (Å²) in [5, 5.41) is 3.29. The van der Waals surface area contributed by atoms with Crippen molar-refractivity contribution in [2.45, 2.75) is 19.9 Å². The molecule has 6 nitrogen and oxygen atoms in total. The number of nitrogens with two attached hydrogens (primary N) is 1. The minimum Gasteiger partial charge on any atom is -0.339 e. The van der Waals surface area contributed by atoms with Crippen molar-refractivity contribution >= 4 is 22.5 Å². The van der Waals surface area contributed by atoms with Gasteiger partial charge in [-0.25, -0.2) is 9.97 Å². The van der Waals surface area contributed by atoms with E-state index in [1.165, 1.54) is 0 Å². The summed E-state index contributed by atoms with van der Waals surface area (Å²) in [5.41, 5.74) is 9.88. The molecule has 4 rings (SSSR count). The quantitative estimate of drug-likeness (QED) is 0.587. The molecule has 0 bridgehead atoms. The van der Waals surface area contributed by atoms with Crippen LogP contribution in [0, 0.1) is 6.92 Å². The van der Waals surface area contributed by atoms with Crippen molar-refractivity contribution in [1.29, 1.82) is 0 Å². The van der Waals surface area contributed by atoms with E-state index in [2.05, 4.69) is 15.3 Å². The van der Waals surface area contributed by atoms with Crippen molar-refractivity contribution in [2.75, 3.05) is 5.32 Å². The number of para-hydroxylation sites is 2. The van der Waals surface area contributed by atoms with Crippen molar-refractivity contribution < 1.29 is 0 Å². The molecule has 0 aliphatic rings. The van der Waals surface area contributed by atoms with Gasteiger partial charge in [0.2, 0.25) is 0 Å². The van der Waals surface area contributed by atoms with E-state index in [0.29, 0.717) is 5.82 Å². The van der Waals surface area contributed by atoms with Gasteiger partial charge in [0.25, 0.3) is 0 Å². The van der Waals surface area contributed by atoms with Gasteiger partial charge in [-0.05, 0) is 43.7 Å². The molecule has 2 aromatic heterocycles. The van der Waals surface area contributed by atoms with E-state index in [1.807, 2.05) is 66.9 Å². The van der Waals surface area contributed by atoms with Crippen LogP contribution in [0.4, 0.5) is 11.5 Å². The topological polar surface area (TPSA) is 81.7 Å². The van der Waals surface area contributed by atoms with Gasteiger partial charge in [0, 0.05) is 11.7 Å². The third kappa shape index (κ3) is 3.02. The first-order valence-electron chi connectivity index (χ1n) is 8.51. The lowest BCUT2D eigenvalue weighted by Gasteiger charge is -2.10. The fourth-order valence-electron chi connectivity index (χ4n) is 2.98. The number of hydrogen-bond donors (Lipinski definition) is 2. The summed E-state index contributed by atoms with van der Waals surface area (Å²) in [6.45, 7) is 3.93. The molecule has 130 valence electrons. The number of aryl methyl sites for hydroxylation is 1. The number of hydrogen-bond acceptors (Lipinski definition) is 5. The van der Waals surface area contributed by atoms with Crippen molar-refractivity contribution in [3.63, 3.8) is 0 Å². The highest BCUT2D eigenvalue weighted by Crippen LogP contribution is 2.22. The first-order chi connectivity index (χ1) is 12.6. The van der Waals surface area contributed by atoms with Crippen molar-refractivity contribution in [3.8, 4) is 5.82 Å². The Morgan fingerprint density at radius 2 is 1.77 bits per heavy atom. The smallest absolute Gasteiger partial charge is 0.159 e. The molecular formula is C20H20N6. The molecule has 0 saturated carbocycles. The van der Waals surface area contributed by atoms with Gasteiger partial charge in [-0.2, -0.15) is 0 Å². The number of benzene rings is 2. The third-order valence-electron chi connectivity index (χ3n) is 4.29. The average Bonchev–Trinajstić information content (AvgIpc) is 2.98. The molecule has 26 heavy (non-hydrogen) atoms. The van der Waals surface area contributed by atoms with E-state index >= 15 is 0 Å². The molecule has 0 radical (unpaired) electrons. The molecule has 1 unspecified atom stereocenters. The first-order valence-corrected chi connectivity index (χ1v) is 8.51. The number of aromatic nitrogens is 4. The van der Waals surface area contributed by atoms with Crippen LogP contribution >= 0.6 is 0 Å². The lowest BCUT2D eigenvalue weighted by molar-refractivity contribution is 0.818. The summed E-state index contributed by atoms with van der Waals surface area (Å²) in [6, 6.07) is 16.0. The maximum Gasteiger partial charge on any atom is 0.159 e. The fourth-order valence-corrected chi connectivity index (χ4v) is 2.98. The molecule has 6 heteroatoms. The molecule has 3 N–H and O–H groups in total. The van der Waals surface area contributed by atoms with Crippen LogP contribution in [-0.4, -0.2) is 19.5 Å². The monoisotopic (exact) mass is 344 g/mol. The van der Waals surface area contributed by atoms with Crippen LogP contribution in [-0.2, 0) is 0 Å². The second-order valence-corrected chi connectivity index (χ2v) is 6.28. The van der Waals surface area contributed by atoms with Gasteiger partial charge in [0.15, 0.2) is 11.6 Å². The second kappa shape index (κ2) is 6.57. The number of imidazole rings is 1. The highest BCUT2D eigenvalue weighted by Gasteiger charge is 2.11. The Kier molecular flexibility index (Phi) is 4.10. The van der Waals surface area contributed by atoms with Gasteiger partial charge in [-0.1, -0.05) is 24.3 Å². The van der Waals surface area contributed by atoms with E-state index in [0.717, 1.165) is 33.9 Å². The van der Waals surface area contributed by atoms with Gasteiger partial charge >= 0.3 is 0 Å². The average molecular weight is 344 g/mol. The van der Waals surface area contributed by atoms with Crippen LogP contribution in [0.3, 0.4) is 0 Å². The maximum atomic E-state index is 5.90. The Labute approximate surface area is 151 Å². The van der Waals surface area contributed by atoms with Gasteiger partial charge < -0.3 is 11.1 Å². The summed E-state index contributed by atoms with van der Waals surface area (Å²) >= 11 is 0. The zero-order chi connectivity index (χ0) is 18.1. The Morgan fingerprint density at radius 3 is 2.54 bits per heavy atom. The molecule has 0 saturated heterocycles. The lowest BCUT2D eigenvalue weighted by Crippen LogP contribution is -2.05. The van der Waals surface area contributed by atoms with E-state index in [9.17, 15) is 0 Å². The van der Waals surface area contributed by atoms with Crippen molar-refractivity contribution in [1.82, 2.24) is 19.5 Å². The normalized spacial score (nSPS) is 12.3. The highest BCUT2D eigenvalue weighted by molar-refractivity contribution is 5.77. The Balaban J connectivity index is 1.67. The summed E-state index contributed by atoms with van der Waals surface area (Å²) < 4.78 is 2.01. The largest absolute Gasteiger partial charge is 0.339 e. The van der Waals surface area contributed by atoms with E-state index in [1.54, 1.807) is 12.4 Å².